The number of benzene rings is 1. The van der Waals surface area contributed by atoms with Gasteiger partial charge in [0.25, 0.3) is 5.89 Å². The fourth-order valence-electron chi connectivity index (χ4n) is 3.76. The van der Waals surface area contributed by atoms with E-state index in [1.165, 1.54) is 12.5 Å². The summed E-state index contributed by atoms with van der Waals surface area (Å²) in [5.74, 6) is -1.75. The molecular weight excluding hydrogens is 440 g/mol. The van der Waals surface area contributed by atoms with E-state index in [1.54, 1.807) is 0 Å². The first-order valence-electron chi connectivity index (χ1n) is 11.3. The van der Waals surface area contributed by atoms with Crippen LogP contribution in [0.25, 0.3) is 0 Å². The van der Waals surface area contributed by atoms with Crippen LogP contribution in [-0.2, 0) is 20.9 Å². The van der Waals surface area contributed by atoms with Crippen LogP contribution in [0.15, 0.2) is 47.2 Å². The van der Waals surface area contributed by atoms with E-state index in [9.17, 15) is 19.2 Å². The van der Waals surface area contributed by atoms with Crippen LogP contribution >= 0.6 is 0 Å². The summed E-state index contributed by atoms with van der Waals surface area (Å²) in [6.07, 6.45) is 2.85. The molecule has 1 saturated heterocycles. The molecule has 1 aliphatic heterocycles. The Morgan fingerprint density at radius 2 is 1.94 bits per heavy atom. The van der Waals surface area contributed by atoms with Crippen molar-refractivity contribution in [3.05, 3.63) is 54.2 Å². The zero-order chi connectivity index (χ0) is 24.5. The fraction of sp³-hybridized carbons (Fsp3) is 0.458. The minimum Gasteiger partial charge on any atom is -0.445 e. The fourth-order valence-corrected chi connectivity index (χ4v) is 3.76. The Morgan fingerprint density at radius 3 is 2.56 bits per heavy atom. The molecule has 1 unspecified atom stereocenters. The number of rotatable bonds is 11. The summed E-state index contributed by atoms with van der Waals surface area (Å²) >= 11 is 0. The molecule has 3 rings (SSSR count). The van der Waals surface area contributed by atoms with Gasteiger partial charge in [0.05, 0.1) is 12.2 Å². The first kappa shape index (κ1) is 24.9. The van der Waals surface area contributed by atoms with Crippen molar-refractivity contribution < 1.29 is 28.3 Å². The van der Waals surface area contributed by atoms with Crippen LogP contribution in [0.1, 0.15) is 49.4 Å². The third kappa shape index (κ3) is 7.16. The maximum Gasteiger partial charge on any atom is 0.408 e. The maximum atomic E-state index is 13.1. The number of hydrogen-bond donors (Lipinski definition) is 3. The smallest absolute Gasteiger partial charge is 0.408 e. The number of Topliss-reactive ketones (excluding diaryl/α,β-unsaturated/α-hetero) is 1. The second kappa shape index (κ2) is 12.0. The van der Waals surface area contributed by atoms with E-state index in [0.29, 0.717) is 19.4 Å². The van der Waals surface area contributed by atoms with Crippen LogP contribution < -0.4 is 16.0 Å². The third-order valence-corrected chi connectivity index (χ3v) is 5.49. The molecule has 34 heavy (non-hydrogen) atoms. The molecule has 3 amide bonds. The van der Waals surface area contributed by atoms with E-state index in [2.05, 4.69) is 20.9 Å². The van der Waals surface area contributed by atoms with Crippen molar-refractivity contribution in [2.45, 2.75) is 51.8 Å². The molecule has 0 radical (unpaired) electrons. The quantitative estimate of drug-likeness (QED) is 0.428. The molecule has 0 bridgehead atoms. The van der Waals surface area contributed by atoms with E-state index < -0.39 is 35.8 Å². The van der Waals surface area contributed by atoms with Crippen molar-refractivity contribution in [1.29, 1.82) is 0 Å². The Bertz CT molecular complexity index is 977. The van der Waals surface area contributed by atoms with E-state index in [-0.39, 0.29) is 30.7 Å². The molecule has 0 aliphatic carbocycles. The summed E-state index contributed by atoms with van der Waals surface area (Å²) in [6, 6.07) is 7.21. The molecule has 3 atom stereocenters. The zero-order valence-corrected chi connectivity index (χ0v) is 19.3. The predicted molar refractivity (Wildman–Crippen MR) is 122 cm³/mol. The minimum absolute atomic E-state index is 0.0603. The Morgan fingerprint density at radius 1 is 1.18 bits per heavy atom. The van der Waals surface area contributed by atoms with Gasteiger partial charge in [0.2, 0.25) is 17.6 Å². The van der Waals surface area contributed by atoms with Crippen LogP contribution in [0.5, 0.6) is 0 Å². The summed E-state index contributed by atoms with van der Waals surface area (Å²) in [6.45, 7) is 4.40. The average Bonchev–Trinajstić information content (AvgIpc) is 3.49. The number of nitrogens with one attached hydrogen (secondary N) is 3. The normalized spacial score (nSPS) is 17.0. The van der Waals surface area contributed by atoms with Crippen molar-refractivity contribution in [3.8, 4) is 0 Å². The highest BCUT2D eigenvalue weighted by molar-refractivity contribution is 5.99. The highest BCUT2D eigenvalue weighted by Gasteiger charge is 2.35. The molecule has 10 nitrogen and oxygen atoms in total. The summed E-state index contributed by atoms with van der Waals surface area (Å²) in [5, 5.41) is 8.02. The molecule has 1 aliphatic rings. The first-order chi connectivity index (χ1) is 16.3. The number of aromatic nitrogens is 1. The number of oxazole rings is 1. The number of carbonyl (C=O) groups is 4. The molecule has 1 aromatic carbocycles. The topological polar surface area (TPSA) is 140 Å². The predicted octanol–water partition coefficient (Wildman–Crippen LogP) is 2.21. The number of alkyl carbamates (subject to hydrolysis) is 1. The average molecular weight is 471 g/mol. The van der Waals surface area contributed by atoms with Gasteiger partial charge in [0.1, 0.15) is 18.9 Å². The molecule has 0 saturated carbocycles. The van der Waals surface area contributed by atoms with E-state index in [1.807, 2.05) is 44.2 Å². The highest BCUT2D eigenvalue weighted by Crippen LogP contribution is 2.19. The van der Waals surface area contributed by atoms with Gasteiger partial charge in [-0.3, -0.25) is 14.4 Å². The molecule has 3 N–H and O–H groups in total. The SMILES string of the molecule is CC(C)C[C@H](NC(=O)OCc1ccccc1)C(=O)N[C@@H](CC1CCNC1=O)C(=O)c1ncco1. The Kier molecular flexibility index (Phi) is 8.78. The number of amides is 3. The van der Waals surface area contributed by atoms with Gasteiger partial charge in [-0.25, -0.2) is 9.78 Å². The first-order valence-corrected chi connectivity index (χ1v) is 11.3. The standard InChI is InChI=1S/C24H30N4O6/c1-15(2)12-19(28-24(32)34-14-16-6-4-3-5-7-16)22(31)27-18(13-17-8-9-25-21(17)30)20(29)23-26-10-11-33-23/h3-7,10-11,15,17-19H,8-9,12-14H2,1-2H3,(H,25,30)(H,27,31)(H,28,32)/t17?,18-,19-/m0/s1. The second-order valence-corrected chi connectivity index (χ2v) is 8.66. The lowest BCUT2D eigenvalue weighted by molar-refractivity contribution is -0.125. The van der Waals surface area contributed by atoms with Crippen LogP contribution in [-0.4, -0.2) is 47.3 Å². The molecule has 2 aromatic rings. The molecule has 1 aromatic heterocycles. The molecule has 0 spiro atoms. The summed E-state index contributed by atoms with van der Waals surface area (Å²) in [4.78, 5) is 54.4. The Balaban J connectivity index is 1.67. The van der Waals surface area contributed by atoms with E-state index in [4.69, 9.17) is 9.15 Å². The molecule has 2 heterocycles. The van der Waals surface area contributed by atoms with Gasteiger partial charge in [0, 0.05) is 12.5 Å². The van der Waals surface area contributed by atoms with Crippen LogP contribution in [0.4, 0.5) is 4.79 Å². The summed E-state index contributed by atoms with van der Waals surface area (Å²) in [7, 11) is 0. The lowest BCUT2D eigenvalue weighted by atomic mass is 9.95. The van der Waals surface area contributed by atoms with E-state index >= 15 is 0 Å². The summed E-state index contributed by atoms with van der Waals surface area (Å²) < 4.78 is 10.4. The Hall–Kier alpha value is -3.69. The highest BCUT2D eigenvalue weighted by atomic mass is 16.5. The largest absolute Gasteiger partial charge is 0.445 e. The van der Waals surface area contributed by atoms with Gasteiger partial charge in [-0.1, -0.05) is 44.2 Å². The van der Waals surface area contributed by atoms with Gasteiger partial charge in [-0.2, -0.15) is 0 Å². The second-order valence-electron chi connectivity index (χ2n) is 8.66. The Labute approximate surface area is 197 Å². The molecule has 1 fully saturated rings. The van der Waals surface area contributed by atoms with Crippen LogP contribution in [0.3, 0.4) is 0 Å². The van der Waals surface area contributed by atoms with Crippen molar-refractivity contribution in [1.82, 2.24) is 20.9 Å². The number of hydrogen-bond acceptors (Lipinski definition) is 7. The molecule has 10 heteroatoms. The van der Waals surface area contributed by atoms with Gasteiger partial charge in [0.15, 0.2) is 0 Å². The number of nitrogens with zero attached hydrogens (tertiary/aromatic N) is 1. The zero-order valence-electron chi connectivity index (χ0n) is 19.3. The molecular formula is C24H30N4O6. The maximum absolute atomic E-state index is 13.1. The molecule has 182 valence electrons. The van der Waals surface area contributed by atoms with Crippen molar-refractivity contribution in [2.75, 3.05) is 6.54 Å². The number of carbonyl (C=O) groups excluding carboxylic acids is 4. The van der Waals surface area contributed by atoms with Gasteiger partial charge in [-0.15, -0.1) is 0 Å². The number of ketones is 1. The van der Waals surface area contributed by atoms with Gasteiger partial charge < -0.3 is 25.1 Å². The van der Waals surface area contributed by atoms with Crippen molar-refractivity contribution in [3.63, 3.8) is 0 Å². The lowest BCUT2D eigenvalue weighted by Gasteiger charge is -2.24. The summed E-state index contributed by atoms with van der Waals surface area (Å²) in [5.41, 5.74) is 0.814. The van der Waals surface area contributed by atoms with Crippen molar-refractivity contribution in [2.24, 2.45) is 11.8 Å². The minimum atomic E-state index is -1.03. The van der Waals surface area contributed by atoms with E-state index in [0.717, 1.165) is 5.56 Å². The third-order valence-electron chi connectivity index (χ3n) is 5.49. The lowest BCUT2D eigenvalue weighted by Crippen LogP contribution is -2.52. The van der Waals surface area contributed by atoms with Crippen molar-refractivity contribution >= 4 is 23.7 Å². The number of ether oxygens (including phenoxy) is 1. The van der Waals surface area contributed by atoms with Crippen LogP contribution in [0, 0.1) is 11.8 Å². The van der Waals surface area contributed by atoms with Gasteiger partial charge >= 0.3 is 6.09 Å². The monoisotopic (exact) mass is 470 g/mol. The van der Waals surface area contributed by atoms with Gasteiger partial charge in [-0.05, 0) is 30.7 Å². The van der Waals surface area contributed by atoms with Crippen LogP contribution in [0.2, 0.25) is 0 Å².